The maximum absolute atomic E-state index is 15.8. The number of piperazine rings is 1. The SMILES string of the molecule is CCOC(=O)c1cn(Cc2ccc(Br)cc2)c2c(F)c(N3CCNCC3)c(F)cc2c1=O. The van der Waals surface area contributed by atoms with Crippen LogP contribution in [0.4, 0.5) is 14.5 Å². The van der Waals surface area contributed by atoms with E-state index in [0.717, 1.165) is 16.1 Å². The van der Waals surface area contributed by atoms with Gasteiger partial charge in [0.1, 0.15) is 17.1 Å². The van der Waals surface area contributed by atoms with Crippen molar-refractivity contribution in [2.75, 3.05) is 37.7 Å². The fraction of sp³-hybridized carbons (Fsp3) is 0.304. The molecule has 0 atom stereocenters. The molecule has 168 valence electrons. The zero-order valence-corrected chi connectivity index (χ0v) is 19.0. The number of pyridine rings is 1. The Morgan fingerprint density at radius 2 is 1.88 bits per heavy atom. The molecule has 2 heterocycles. The number of hydrogen-bond acceptors (Lipinski definition) is 5. The maximum atomic E-state index is 15.8. The number of anilines is 1. The molecule has 2 aromatic carbocycles. The number of aromatic nitrogens is 1. The number of carbonyl (C=O) groups is 1. The van der Waals surface area contributed by atoms with E-state index in [1.165, 1.54) is 10.8 Å². The highest BCUT2D eigenvalue weighted by Gasteiger charge is 2.26. The predicted molar refractivity (Wildman–Crippen MR) is 122 cm³/mol. The molecule has 0 spiro atoms. The van der Waals surface area contributed by atoms with Crippen LogP contribution in [-0.4, -0.2) is 43.3 Å². The van der Waals surface area contributed by atoms with Crippen LogP contribution >= 0.6 is 15.9 Å². The van der Waals surface area contributed by atoms with Gasteiger partial charge in [-0.05, 0) is 30.7 Å². The van der Waals surface area contributed by atoms with Gasteiger partial charge in [0.25, 0.3) is 0 Å². The maximum Gasteiger partial charge on any atom is 0.343 e. The van der Waals surface area contributed by atoms with Gasteiger partial charge < -0.3 is 19.5 Å². The average Bonchev–Trinajstić information content (AvgIpc) is 2.78. The second-order valence-electron chi connectivity index (χ2n) is 7.50. The molecule has 6 nitrogen and oxygen atoms in total. The second-order valence-corrected chi connectivity index (χ2v) is 8.42. The number of ether oxygens (including phenoxy) is 1. The summed E-state index contributed by atoms with van der Waals surface area (Å²) in [5.41, 5.74) is -0.395. The first-order chi connectivity index (χ1) is 15.4. The van der Waals surface area contributed by atoms with Crippen LogP contribution < -0.4 is 15.6 Å². The Bertz CT molecular complexity index is 1220. The summed E-state index contributed by atoms with van der Waals surface area (Å²) in [7, 11) is 0. The number of esters is 1. The number of nitrogens with zero attached hydrogens (tertiary/aromatic N) is 2. The number of rotatable bonds is 5. The lowest BCUT2D eigenvalue weighted by Crippen LogP contribution is -2.44. The average molecular weight is 506 g/mol. The zero-order valence-electron chi connectivity index (χ0n) is 17.5. The summed E-state index contributed by atoms with van der Waals surface area (Å²) >= 11 is 3.38. The molecule has 3 aromatic rings. The fourth-order valence-corrected chi connectivity index (χ4v) is 4.18. The van der Waals surface area contributed by atoms with E-state index >= 15 is 8.78 Å². The largest absolute Gasteiger partial charge is 0.462 e. The summed E-state index contributed by atoms with van der Waals surface area (Å²) in [4.78, 5) is 27.0. The number of halogens is 3. The van der Waals surface area contributed by atoms with Crippen LogP contribution in [0.15, 0.2) is 45.8 Å². The van der Waals surface area contributed by atoms with Crippen molar-refractivity contribution >= 4 is 38.5 Å². The molecule has 1 fully saturated rings. The normalized spacial score (nSPS) is 14.1. The molecule has 1 aliphatic heterocycles. The Hall–Kier alpha value is -2.78. The Balaban J connectivity index is 1.95. The molecule has 9 heteroatoms. The minimum atomic E-state index is -0.829. The monoisotopic (exact) mass is 505 g/mol. The van der Waals surface area contributed by atoms with Crippen molar-refractivity contribution in [3.63, 3.8) is 0 Å². The molecule has 0 saturated carbocycles. The lowest BCUT2D eigenvalue weighted by molar-refractivity contribution is 0.0524. The van der Waals surface area contributed by atoms with Crippen molar-refractivity contribution in [2.45, 2.75) is 13.5 Å². The summed E-state index contributed by atoms with van der Waals surface area (Å²) in [6.07, 6.45) is 1.30. The summed E-state index contributed by atoms with van der Waals surface area (Å²) < 4.78 is 38.2. The van der Waals surface area contributed by atoms with Crippen LogP contribution in [0, 0.1) is 11.6 Å². The first-order valence-corrected chi connectivity index (χ1v) is 11.1. The molecule has 0 unspecified atom stereocenters. The third kappa shape index (κ3) is 4.27. The van der Waals surface area contributed by atoms with E-state index in [9.17, 15) is 9.59 Å². The zero-order chi connectivity index (χ0) is 22.8. The summed E-state index contributed by atoms with van der Waals surface area (Å²) in [6.45, 7) is 3.97. The molecule has 1 aliphatic rings. The Kier molecular flexibility index (Phi) is 6.57. The molecule has 0 bridgehead atoms. The van der Waals surface area contributed by atoms with Crippen LogP contribution in [0.3, 0.4) is 0 Å². The lowest BCUT2D eigenvalue weighted by Gasteiger charge is -2.30. The van der Waals surface area contributed by atoms with Crippen molar-refractivity contribution in [1.29, 1.82) is 0 Å². The molecular formula is C23H22BrF2N3O3. The van der Waals surface area contributed by atoms with Crippen molar-refractivity contribution < 1.29 is 18.3 Å². The van der Waals surface area contributed by atoms with E-state index in [4.69, 9.17) is 4.74 Å². The molecule has 0 radical (unpaired) electrons. The molecule has 1 aromatic heterocycles. The van der Waals surface area contributed by atoms with E-state index in [0.29, 0.717) is 26.2 Å². The van der Waals surface area contributed by atoms with Gasteiger partial charge in [0.2, 0.25) is 5.43 Å². The van der Waals surface area contributed by atoms with Gasteiger partial charge in [0.05, 0.1) is 17.5 Å². The highest BCUT2D eigenvalue weighted by Crippen LogP contribution is 2.31. The Morgan fingerprint density at radius 1 is 1.19 bits per heavy atom. The van der Waals surface area contributed by atoms with Crippen LogP contribution in [0.25, 0.3) is 10.9 Å². The standard InChI is InChI=1S/C23H22BrF2N3O3/c1-2-32-23(31)17-13-29(12-14-3-5-15(24)6-4-14)20-16(22(17)30)11-18(25)21(19(20)26)28-9-7-27-8-10-28/h3-6,11,13,27H,2,7-10,12H2,1H3. The van der Waals surface area contributed by atoms with Gasteiger partial charge in [0, 0.05) is 43.4 Å². The summed E-state index contributed by atoms with van der Waals surface area (Å²) in [6, 6.07) is 8.40. The van der Waals surface area contributed by atoms with Crippen molar-refractivity contribution in [3.8, 4) is 0 Å². The number of benzene rings is 2. The fourth-order valence-electron chi connectivity index (χ4n) is 3.92. The molecule has 0 aliphatic carbocycles. The van der Waals surface area contributed by atoms with E-state index < -0.39 is 23.0 Å². The van der Waals surface area contributed by atoms with E-state index in [2.05, 4.69) is 21.2 Å². The quantitative estimate of drug-likeness (QED) is 0.536. The van der Waals surface area contributed by atoms with Crippen molar-refractivity contribution in [1.82, 2.24) is 9.88 Å². The van der Waals surface area contributed by atoms with Gasteiger partial charge in [-0.1, -0.05) is 28.1 Å². The molecular weight excluding hydrogens is 484 g/mol. The number of carbonyl (C=O) groups excluding carboxylic acids is 1. The molecule has 1 N–H and O–H groups in total. The lowest BCUT2D eigenvalue weighted by atomic mass is 10.1. The molecule has 0 amide bonds. The van der Waals surface area contributed by atoms with Crippen LogP contribution in [0.5, 0.6) is 0 Å². The highest BCUT2D eigenvalue weighted by molar-refractivity contribution is 9.10. The third-order valence-electron chi connectivity index (χ3n) is 5.42. The van der Waals surface area contributed by atoms with Crippen LogP contribution in [0.2, 0.25) is 0 Å². The first-order valence-electron chi connectivity index (χ1n) is 10.3. The highest BCUT2D eigenvalue weighted by atomic mass is 79.9. The van der Waals surface area contributed by atoms with E-state index in [1.807, 2.05) is 24.3 Å². The van der Waals surface area contributed by atoms with Gasteiger partial charge in [0.15, 0.2) is 5.82 Å². The smallest absolute Gasteiger partial charge is 0.343 e. The van der Waals surface area contributed by atoms with E-state index in [-0.39, 0.29) is 35.3 Å². The number of hydrogen-bond donors (Lipinski definition) is 1. The van der Waals surface area contributed by atoms with Crippen molar-refractivity contribution in [2.24, 2.45) is 0 Å². The summed E-state index contributed by atoms with van der Waals surface area (Å²) in [5, 5.41) is 2.96. The van der Waals surface area contributed by atoms with Crippen LogP contribution in [-0.2, 0) is 11.3 Å². The first kappa shape index (κ1) is 22.4. The van der Waals surface area contributed by atoms with Crippen molar-refractivity contribution in [3.05, 3.63) is 74.0 Å². The van der Waals surface area contributed by atoms with Crippen LogP contribution in [0.1, 0.15) is 22.8 Å². The predicted octanol–water partition coefficient (Wildman–Crippen LogP) is 3.68. The van der Waals surface area contributed by atoms with Gasteiger partial charge in [-0.15, -0.1) is 0 Å². The minimum absolute atomic E-state index is 0.0408. The Morgan fingerprint density at radius 3 is 2.53 bits per heavy atom. The molecule has 1 saturated heterocycles. The summed E-state index contributed by atoms with van der Waals surface area (Å²) in [5.74, 6) is -2.47. The van der Waals surface area contributed by atoms with Gasteiger partial charge in [-0.2, -0.15) is 0 Å². The molecule has 32 heavy (non-hydrogen) atoms. The third-order valence-corrected chi connectivity index (χ3v) is 5.95. The number of nitrogens with one attached hydrogen (secondary N) is 1. The molecule has 4 rings (SSSR count). The van der Waals surface area contributed by atoms with E-state index in [1.54, 1.807) is 11.8 Å². The minimum Gasteiger partial charge on any atom is -0.462 e. The van der Waals surface area contributed by atoms with Gasteiger partial charge in [-0.25, -0.2) is 13.6 Å². The van der Waals surface area contributed by atoms with Gasteiger partial charge in [-0.3, -0.25) is 4.79 Å². The van der Waals surface area contributed by atoms with Gasteiger partial charge >= 0.3 is 5.97 Å². The Labute approximate surface area is 191 Å². The number of fused-ring (bicyclic) bond motifs is 1. The topological polar surface area (TPSA) is 63.6 Å². The second kappa shape index (κ2) is 9.38.